The average molecular weight is 448 g/mol. The Labute approximate surface area is 188 Å². The van der Waals surface area contributed by atoms with Gasteiger partial charge in [0.25, 0.3) is 0 Å². The first-order valence-corrected chi connectivity index (χ1v) is 11.0. The number of allylic oxidation sites excluding steroid dienone is 1. The summed E-state index contributed by atoms with van der Waals surface area (Å²) in [7, 11) is 0. The van der Waals surface area contributed by atoms with E-state index in [-0.39, 0.29) is 17.3 Å². The molecule has 2 aromatic rings. The molecule has 0 fully saturated rings. The van der Waals surface area contributed by atoms with E-state index in [1.54, 1.807) is 30.3 Å². The average Bonchev–Trinajstić information content (AvgIpc) is 2.95. The fourth-order valence-corrected chi connectivity index (χ4v) is 4.31. The van der Waals surface area contributed by atoms with E-state index in [1.807, 2.05) is 0 Å². The van der Waals surface area contributed by atoms with Crippen LogP contribution in [-0.4, -0.2) is 18.9 Å². The van der Waals surface area contributed by atoms with E-state index in [2.05, 4.69) is 27.7 Å². The van der Waals surface area contributed by atoms with E-state index in [1.165, 1.54) is 11.0 Å². The van der Waals surface area contributed by atoms with Gasteiger partial charge in [-0.05, 0) is 29.8 Å². The Morgan fingerprint density at radius 1 is 1.07 bits per heavy atom. The van der Waals surface area contributed by atoms with Crippen molar-refractivity contribution in [2.75, 3.05) is 13.1 Å². The van der Waals surface area contributed by atoms with Crippen LogP contribution in [0.5, 0.6) is 11.5 Å². The minimum Gasteiger partial charge on any atom is -0.872 e. The number of hydrogen-bond acceptors (Lipinski definition) is 3. The molecule has 0 amide bonds. The summed E-state index contributed by atoms with van der Waals surface area (Å²) in [5.74, 6) is 1.19. The Morgan fingerprint density at radius 3 is 2.33 bits per heavy atom. The Kier molecular flexibility index (Phi) is 7.12. The first-order valence-electron chi connectivity index (χ1n) is 10.2. The van der Waals surface area contributed by atoms with Crippen molar-refractivity contribution >= 4 is 35.1 Å². The molecular formula is C24H27Cl2NO3. The number of halogens is 2. The van der Waals surface area contributed by atoms with Crippen LogP contribution < -0.4 is 14.7 Å². The number of benzene rings is 2. The van der Waals surface area contributed by atoms with Gasteiger partial charge in [-0.15, -0.1) is 0 Å². The molecule has 30 heavy (non-hydrogen) atoms. The minimum absolute atomic E-state index is 0.0997. The molecule has 0 saturated carbocycles. The number of carbonyl (C=O) groups is 1. The molecule has 1 heterocycles. The Morgan fingerprint density at radius 2 is 1.73 bits per heavy atom. The number of Topliss-reactive ketones (excluding diaryl/α,β-unsaturated/α-hetero) is 1. The molecule has 6 heteroatoms. The summed E-state index contributed by atoms with van der Waals surface area (Å²) in [5.41, 5.74) is 1.62. The van der Waals surface area contributed by atoms with Crippen LogP contribution in [0.25, 0.3) is 6.08 Å². The highest BCUT2D eigenvalue weighted by Crippen LogP contribution is 2.38. The molecule has 2 aromatic carbocycles. The van der Waals surface area contributed by atoms with Crippen LogP contribution in [0, 0.1) is 11.8 Å². The number of ketones is 1. The summed E-state index contributed by atoms with van der Waals surface area (Å²) >= 11 is 12.2. The lowest BCUT2D eigenvalue weighted by Crippen LogP contribution is -3.11. The number of carbonyl (C=O) groups excluding carboxylic acids is 1. The minimum atomic E-state index is -0.244. The van der Waals surface area contributed by atoms with E-state index in [4.69, 9.17) is 27.9 Å². The molecule has 0 saturated heterocycles. The Balaban J connectivity index is 1.95. The number of ether oxygens (including phenoxy) is 1. The van der Waals surface area contributed by atoms with Crippen LogP contribution in [-0.2, 0) is 6.54 Å². The van der Waals surface area contributed by atoms with Gasteiger partial charge in [-0.3, -0.25) is 4.79 Å². The maximum absolute atomic E-state index is 12.9. The fourth-order valence-electron chi connectivity index (χ4n) is 3.85. The van der Waals surface area contributed by atoms with Gasteiger partial charge in [0.1, 0.15) is 12.3 Å². The van der Waals surface area contributed by atoms with Crippen LogP contribution in [0.2, 0.25) is 10.0 Å². The second-order valence-electron chi connectivity index (χ2n) is 8.65. The lowest BCUT2D eigenvalue weighted by molar-refractivity contribution is -0.919. The van der Waals surface area contributed by atoms with Crippen LogP contribution in [0.15, 0.2) is 36.1 Å². The van der Waals surface area contributed by atoms with Crippen molar-refractivity contribution in [2.45, 2.75) is 34.2 Å². The standard InChI is InChI=1S/C24H27Cl2NO3/c1-14(2)11-27(12-15(3)4)13-19-21(28)8-7-18-23(29)22(30-24(18)19)9-16-5-6-17(25)10-20(16)26/h5-10,14-15,28H,11-13H2,1-4H3. The number of quaternary nitrogens is 1. The maximum atomic E-state index is 12.9. The van der Waals surface area contributed by atoms with E-state index < -0.39 is 0 Å². The van der Waals surface area contributed by atoms with Gasteiger partial charge >= 0.3 is 0 Å². The van der Waals surface area contributed by atoms with Crippen molar-refractivity contribution in [1.29, 1.82) is 0 Å². The van der Waals surface area contributed by atoms with Gasteiger partial charge in [0.05, 0.1) is 18.7 Å². The monoisotopic (exact) mass is 447 g/mol. The smallest absolute Gasteiger partial charge is 0.231 e. The van der Waals surface area contributed by atoms with Crippen LogP contribution in [0.4, 0.5) is 0 Å². The van der Waals surface area contributed by atoms with Gasteiger partial charge < -0.3 is 14.7 Å². The number of hydrogen-bond donors (Lipinski definition) is 1. The predicted octanol–water partition coefficient (Wildman–Crippen LogP) is 4.38. The maximum Gasteiger partial charge on any atom is 0.231 e. The highest BCUT2D eigenvalue weighted by molar-refractivity contribution is 6.35. The van der Waals surface area contributed by atoms with Crippen molar-refractivity contribution in [1.82, 2.24) is 0 Å². The first kappa shape index (κ1) is 22.7. The number of rotatable bonds is 7. The van der Waals surface area contributed by atoms with Crippen LogP contribution in [0.1, 0.15) is 49.2 Å². The second-order valence-corrected chi connectivity index (χ2v) is 9.49. The summed E-state index contributed by atoms with van der Waals surface area (Å²) in [6.07, 6.45) is 1.60. The van der Waals surface area contributed by atoms with E-state index >= 15 is 0 Å². The number of nitrogens with one attached hydrogen (secondary N) is 1. The van der Waals surface area contributed by atoms with Crippen LogP contribution >= 0.6 is 23.2 Å². The predicted molar refractivity (Wildman–Crippen MR) is 119 cm³/mol. The highest BCUT2D eigenvalue weighted by atomic mass is 35.5. The van der Waals surface area contributed by atoms with Crippen LogP contribution in [0.3, 0.4) is 0 Å². The zero-order chi connectivity index (χ0) is 22.0. The third kappa shape index (κ3) is 5.18. The molecule has 4 nitrogen and oxygen atoms in total. The molecule has 0 spiro atoms. The normalized spacial score (nSPS) is 14.8. The molecular weight excluding hydrogens is 421 g/mol. The quantitative estimate of drug-likeness (QED) is 0.640. The van der Waals surface area contributed by atoms with Crippen molar-refractivity contribution in [3.05, 3.63) is 62.8 Å². The molecule has 0 aromatic heterocycles. The number of fused-ring (bicyclic) bond motifs is 1. The third-order valence-electron chi connectivity index (χ3n) is 4.97. The summed E-state index contributed by atoms with van der Waals surface area (Å²) in [4.78, 5) is 14.2. The Hall–Kier alpha value is -2.01. The van der Waals surface area contributed by atoms with Gasteiger partial charge in [0.2, 0.25) is 5.78 Å². The van der Waals surface area contributed by atoms with Crippen molar-refractivity contribution in [3.8, 4) is 11.5 Å². The highest BCUT2D eigenvalue weighted by Gasteiger charge is 2.31. The van der Waals surface area contributed by atoms with Gasteiger partial charge in [-0.1, -0.05) is 68.8 Å². The van der Waals surface area contributed by atoms with E-state index in [0.717, 1.165) is 13.1 Å². The van der Waals surface area contributed by atoms with Crippen molar-refractivity contribution in [2.24, 2.45) is 11.8 Å². The first-order chi connectivity index (χ1) is 14.2. The summed E-state index contributed by atoms with van der Waals surface area (Å²) < 4.78 is 5.94. The summed E-state index contributed by atoms with van der Waals surface area (Å²) in [6, 6.07) is 8.07. The van der Waals surface area contributed by atoms with Crippen molar-refractivity contribution in [3.63, 3.8) is 0 Å². The van der Waals surface area contributed by atoms with E-state index in [9.17, 15) is 9.90 Å². The molecule has 0 aliphatic carbocycles. The second kappa shape index (κ2) is 9.42. The topological polar surface area (TPSA) is 53.8 Å². The molecule has 0 unspecified atom stereocenters. The molecule has 1 aliphatic heterocycles. The zero-order valence-corrected chi connectivity index (χ0v) is 19.2. The lowest BCUT2D eigenvalue weighted by Gasteiger charge is -2.26. The van der Waals surface area contributed by atoms with E-state index in [0.29, 0.717) is 50.9 Å². The van der Waals surface area contributed by atoms with Gasteiger partial charge in [-0.2, -0.15) is 0 Å². The molecule has 0 atom stereocenters. The molecule has 0 bridgehead atoms. The zero-order valence-electron chi connectivity index (χ0n) is 17.7. The Bertz CT molecular complexity index is 973. The summed E-state index contributed by atoms with van der Waals surface area (Å²) in [6.45, 7) is 11.1. The SMILES string of the molecule is CC(C)C[NH+](Cc1c([O-])ccc2c1OC(=Cc1ccc(Cl)cc1Cl)C2=O)CC(C)C. The fraction of sp³-hybridized carbons (Fsp3) is 0.375. The van der Waals surface area contributed by atoms with Crippen molar-refractivity contribution < 1.29 is 19.5 Å². The summed E-state index contributed by atoms with van der Waals surface area (Å²) in [5, 5.41) is 13.6. The lowest BCUT2D eigenvalue weighted by atomic mass is 10.0. The third-order valence-corrected chi connectivity index (χ3v) is 5.53. The molecule has 0 radical (unpaired) electrons. The molecule has 1 N–H and O–H groups in total. The van der Waals surface area contributed by atoms with Gasteiger partial charge in [0.15, 0.2) is 5.76 Å². The molecule has 160 valence electrons. The molecule has 3 rings (SSSR count). The van der Waals surface area contributed by atoms with Gasteiger partial charge in [0, 0.05) is 27.4 Å². The molecule has 1 aliphatic rings. The largest absolute Gasteiger partial charge is 0.872 e. The van der Waals surface area contributed by atoms with Gasteiger partial charge in [-0.25, -0.2) is 0 Å².